The average Bonchev–Trinajstić information content (AvgIpc) is 3.49. The van der Waals surface area contributed by atoms with Crippen LogP contribution in [0.3, 0.4) is 0 Å². The third-order valence-electron chi connectivity index (χ3n) is 14.4. The van der Waals surface area contributed by atoms with Crippen molar-refractivity contribution in [2.24, 2.45) is 50.7 Å². The Balaban J connectivity index is 1.30. The van der Waals surface area contributed by atoms with E-state index in [2.05, 4.69) is 34.6 Å². The van der Waals surface area contributed by atoms with Crippen molar-refractivity contribution in [3.05, 3.63) is 0 Å². The molecule has 1 aliphatic heterocycles. The first-order valence-corrected chi connectivity index (χ1v) is 15.9. The highest BCUT2D eigenvalue weighted by Gasteiger charge is 2.84. The fourth-order valence-corrected chi connectivity index (χ4v) is 12.4. The summed E-state index contributed by atoms with van der Waals surface area (Å²) in [5.41, 5.74) is 0.101. The number of methoxy groups -OCH3 is 1. The van der Waals surface area contributed by atoms with Gasteiger partial charge in [-0.3, -0.25) is 0 Å². The van der Waals surface area contributed by atoms with E-state index >= 15 is 0 Å². The molecule has 5 aliphatic carbocycles. The topological polar surface area (TPSA) is 79.2 Å². The second kappa shape index (κ2) is 8.37. The highest BCUT2D eigenvalue weighted by atomic mass is 16.5. The fourth-order valence-electron chi connectivity index (χ4n) is 12.4. The Kier molecular flexibility index (Phi) is 6.07. The van der Waals surface area contributed by atoms with E-state index in [1.807, 2.05) is 20.8 Å². The number of carbonyl (C=O) groups is 1. The Bertz CT molecular complexity index is 1020. The zero-order valence-corrected chi connectivity index (χ0v) is 26.0. The number of ether oxygens (including phenoxy) is 2. The molecule has 39 heavy (non-hydrogen) atoms. The molecule has 222 valence electrons. The molecule has 12 atom stereocenters. The number of aliphatic hydroxyl groups is 2. The predicted molar refractivity (Wildman–Crippen MR) is 151 cm³/mol. The molecule has 2 spiro atoms. The summed E-state index contributed by atoms with van der Waals surface area (Å²) in [5.74, 6) is 1.82. The molecule has 1 saturated heterocycles. The minimum absolute atomic E-state index is 0.0277. The van der Waals surface area contributed by atoms with Gasteiger partial charge in [-0.1, -0.05) is 34.6 Å². The molecule has 4 unspecified atom stereocenters. The van der Waals surface area contributed by atoms with E-state index in [0.29, 0.717) is 41.0 Å². The van der Waals surface area contributed by atoms with Crippen LogP contribution in [0.5, 0.6) is 0 Å². The lowest BCUT2D eigenvalue weighted by Gasteiger charge is -2.63. The SMILES string of the molecule is COC(=O)N(CC1C[C@@H](C)[C@H]2C(O1)[C@H](O)[C@@]1(C)C3CC[C@H]4C(C)(C)C(O)CC[C@@]45C[C@@]35CC[C@]21C)C(C)(C)C. The minimum atomic E-state index is -0.502. The van der Waals surface area contributed by atoms with Crippen molar-refractivity contribution >= 4 is 6.09 Å². The lowest BCUT2D eigenvalue weighted by molar-refractivity contribution is -0.182. The summed E-state index contributed by atoms with van der Waals surface area (Å²) >= 11 is 0. The smallest absolute Gasteiger partial charge is 0.410 e. The summed E-state index contributed by atoms with van der Waals surface area (Å²) in [6, 6.07) is 0. The average molecular weight is 546 g/mol. The highest BCUT2D eigenvalue weighted by molar-refractivity contribution is 5.68. The van der Waals surface area contributed by atoms with Crippen LogP contribution in [0.4, 0.5) is 4.79 Å². The highest BCUT2D eigenvalue weighted by Crippen LogP contribution is 2.89. The van der Waals surface area contributed by atoms with E-state index in [1.165, 1.54) is 26.4 Å². The monoisotopic (exact) mass is 545 g/mol. The molecule has 6 rings (SSSR count). The quantitative estimate of drug-likeness (QED) is 0.443. The van der Waals surface area contributed by atoms with Gasteiger partial charge in [0.05, 0.1) is 38.1 Å². The molecule has 6 heteroatoms. The number of hydrogen-bond acceptors (Lipinski definition) is 5. The second-order valence-electron chi connectivity index (χ2n) is 16.9. The molecule has 6 aliphatic rings. The molecule has 5 saturated carbocycles. The normalized spacial score (nSPS) is 53.4. The molecule has 1 amide bonds. The second-order valence-corrected chi connectivity index (χ2v) is 16.9. The summed E-state index contributed by atoms with van der Waals surface area (Å²) in [5, 5.41) is 23.3. The number of amides is 1. The van der Waals surface area contributed by atoms with Crippen molar-refractivity contribution < 1.29 is 24.5 Å². The van der Waals surface area contributed by atoms with Crippen LogP contribution in [-0.2, 0) is 9.47 Å². The van der Waals surface area contributed by atoms with Crippen LogP contribution in [0.15, 0.2) is 0 Å². The Morgan fingerprint density at radius 1 is 1.00 bits per heavy atom. The third kappa shape index (κ3) is 3.34. The lowest BCUT2D eigenvalue weighted by atomic mass is 9.41. The van der Waals surface area contributed by atoms with Crippen molar-refractivity contribution in [1.82, 2.24) is 4.90 Å². The van der Waals surface area contributed by atoms with E-state index in [9.17, 15) is 15.0 Å². The van der Waals surface area contributed by atoms with E-state index in [1.54, 1.807) is 4.90 Å². The Hall–Kier alpha value is -0.850. The van der Waals surface area contributed by atoms with Crippen molar-refractivity contribution in [1.29, 1.82) is 0 Å². The number of aliphatic hydroxyl groups excluding tert-OH is 2. The van der Waals surface area contributed by atoms with Gasteiger partial charge in [0, 0.05) is 11.0 Å². The van der Waals surface area contributed by atoms with Crippen molar-refractivity contribution in [3.63, 3.8) is 0 Å². The van der Waals surface area contributed by atoms with E-state index in [4.69, 9.17) is 9.47 Å². The Labute approximate surface area is 236 Å². The molecule has 1 heterocycles. The van der Waals surface area contributed by atoms with E-state index in [-0.39, 0.29) is 46.2 Å². The maximum atomic E-state index is 12.7. The largest absolute Gasteiger partial charge is 0.453 e. The Morgan fingerprint density at radius 2 is 1.64 bits per heavy atom. The first-order chi connectivity index (χ1) is 18.0. The lowest BCUT2D eigenvalue weighted by Crippen LogP contribution is -2.59. The van der Waals surface area contributed by atoms with E-state index in [0.717, 1.165) is 32.1 Å². The maximum absolute atomic E-state index is 12.7. The molecular formula is C33H55NO5. The first kappa shape index (κ1) is 28.3. The first-order valence-electron chi connectivity index (χ1n) is 15.9. The van der Waals surface area contributed by atoms with Gasteiger partial charge in [0.1, 0.15) is 0 Å². The van der Waals surface area contributed by atoms with Gasteiger partial charge < -0.3 is 24.6 Å². The summed E-state index contributed by atoms with van der Waals surface area (Å²) in [6.45, 7) is 18.5. The summed E-state index contributed by atoms with van der Waals surface area (Å²) in [6.07, 6.45) is 7.68. The molecule has 2 N–H and O–H groups in total. The number of rotatable bonds is 2. The number of hydrogen-bond donors (Lipinski definition) is 2. The van der Waals surface area contributed by atoms with Gasteiger partial charge in [0.15, 0.2) is 0 Å². The van der Waals surface area contributed by atoms with Crippen LogP contribution < -0.4 is 0 Å². The third-order valence-corrected chi connectivity index (χ3v) is 14.4. The zero-order valence-electron chi connectivity index (χ0n) is 26.0. The molecule has 6 nitrogen and oxygen atoms in total. The number of nitrogens with zero attached hydrogens (tertiary/aromatic N) is 1. The van der Waals surface area contributed by atoms with Gasteiger partial charge in [0.2, 0.25) is 0 Å². The standard InChI is InChI=1S/C33H55NO5/c1-19-16-20(17-34(27(37)38-9)28(2,3)4)39-25-24(19)30(7)14-15-33-18-32(33)13-12-23(35)29(5,6)21(32)10-11-22(33)31(30,8)26(25)36/h19-26,35-36H,10-18H2,1-9H3/t19-,20?,21+,22?,23?,24+,25?,26+,30-,31-,32-,33+/m1/s1. The molecule has 0 aromatic rings. The van der Waals surface area contributed by atoms with Gasteiger partial charge in [0.25, 0.3) is 0 Å². The summed E-state index contributed by atoms with van der Waals surface area (Å²) < 4.78 is 12.0. The molecule has 0 aromatic heterocycles. The van der Waals surface area contributed by atoms with Crippen molar-refractivity contribution in [2.75, 3.05) is 13.7 Å². The number of carbonyl (C=O) groups excluding carboxylic acids is 1. The zero-order chi connectivity index (χ0) is 28.6. The number of fused-ring (bicyclic) bond motifs is 4. The van der Waals surface area contributed by atoms with Crippen molar-refractivity contribution in [3.8, 4) is 0 Å². The molecule has 0 aromatic carbocycles. The van der Waals surface area contributed by atoms with Gasteiger partial charge in [-0.2, -0.15) is 0 Å². The molecule has 0 radical (unpaired) electrons. The predicted octanol–water partition coefficient (Wildman–Crippen LogP) is 6.03. The molecular weight excluding hydrogens is 490 g/mol. The molecule has 6 fully saturated rings. The van der Waals surface area contributed by atoms with Crippen LogP contribution in [-0.4, -0.2) is 64.8 Å². The molecule has 0 bridgehead atoms. The summed E-state index contributed by atoms with van der Waals surface area (Å²) in [4.78, 5) is 14.5. The fraction of sp³-hybridized carbons (Fsp3) is 0.970. The van der Waals surface area contributed by atoms with Gasteiger partial charge in [-0.15, -0.1) is 0 Å². The van der Waals surface area contributed by atoms with E-state index < -0.39 is 6.10 Å². The van der Waals surface area contributed by atoms with Crippen LogP contribution >= 0.6 is 0 Å². The van der Waals surface area contributed by atoms with Gasteiger partial charge in [-0.05, 0) is 117 Å². The van der Waals surface area contributed by atoms with Gasteiger partial charge in [-0.25, -0.2) is 4.79 Å². The van der Waals surface area contributed by atoms with Crippen molar-refractivity contribution in [2.45, 2.75) is 137 Å². The van der Waals surface area contributed by atoms with Crippen LogP contribution in [0, 0.1) is 50.7 Å². The van der Waals surface area contributed by atoms with Crippen LogP contribution in [0.25, 0.3) is 0 Å². The maximum Gasteiger partial charge on any atom is 0.410 e. The minimum Gasteiger partial charge on any atom is -0.453 e. The summed E-state index contributed by atoms with van der Waals surface area (Å²) in [7, 11) is 1.44. The van der Waals surface area contributed by atoms with Crippen LogP contribution in [0.1, 0.15) is 107 Å². The van der Waals surface area contributed by atoms with Gasteiger partial charge >= 0.3 is 6.09 Å². The van der Waals surface area contributed by atoms with Crippen LogP contribution in [0.2, 0.25) is 0 Å². The Morgan fingerprint density at radius 3 is 2.28 bits per heavy atom.